The average molecular weight is 305 g/mol. The van der Waals surface area contributed by atoms with Gasteiger partial charge >= 0.3 is 0 Å². The summed E-state index contributed by atoms with van der Waals surface area (Å²) in [4.78, 5) is 11.3. The number of hydrogen-bond donors (Lipinski definition) is 0. The van der Waals surface area contributed by atoms with Crippen LogP contribution in [0, 0.1) is 6.92 Å². The molecule has 3 heterocycles. The molecule has 1 aliphatic rings. The van der Waals surface area contributed by atoms with Gasteiger partial charge in [-0.2, -0.15) is 5.10 Å². The molecule has 0 spiro atoms. The zero-order chi connectivity index (χ0) is 15.6. The lowest BCUT2D eigenvalue weighted by Gasteiger charge is -2.28. The van der Waals surface area contributed by atoms with Gasteiger partial charge in [-0.25, -0.2) is 14.6 Å². The van der Waals surface area contributed by atoms with E-state index in [0.29, 0.717) is 0 Å². The Bertz CT molecular complexity index is 793. The van der Waals surface area contributed by atoms with Gasteiger partial charge in [0, 0.05) is 55.9 Å². The molecule has 5 heteroatoms. The summed E-state index contributed by atoms with van der Waals surface area (Å²) >= 11 is 0. The fourth-order valence-electron chi connectivity index (χ4n) is 3.04. The van der Waals surface area contributed by atoms with Crippen LogP contribution in [0.15, 0.2) is 48.9 Å². The second kappa shape index (κ2) is 5.93. The van der Waals surface area contributed by atoms with Crippen LogP contribution >= 0.6 is 0 Å². The maximum Gasteiger partial charge on any atom is 0.125 e. The number of fused-ring (bicyclic) bond motifs is 1. The molecule has 116 valence electrons. The van der Waals surface area contributed by atoms with Crippen molar-refractivity contribution in [2.75, 3.05) is 6.54 Å². The number of aryl methyl sites for hydroxylation is 1. The van der Waals surface area contributed by atoms with Crippen LogP contribution in [0.2, 0.25) is 0 Å². The van der Waals surface area contributed by atoms with Crippen LogP contribution in [-0.2, 0) is 19.5 Å². The van der Waals surface area contributed by atoms with Crippen LogP contribution in [-0.4, -0.2) is 31.2 Å². The molecule has 4 rings (SSSR count). The summed E-state index contributed by atoms with van der Waals surface area (Å²) in [5, 5.41) is 4.26. The van der Waals surface area contributed by atoms with E-state index in [1.807, 2.05) is 30.1 Å². The molecule has 0 atom stereocenters. The molecule has 23 heavy (non-hydrogen) atoms. The van der Waals surface area contributed by atoms with Gasteiger partial charge in [-0.05, 0) is 30.7 Å². The number of benzene rings is 1. The predicted molar refractivity (Wildman–Crippen MR) is 88.2 cm³/mol. The van der Waals surface area contributed by atoms with Crippen molar-refractivity contribution < 1.29 is 0 Å². The lowest BCUT2D eigenvalue weighted by Crippen LogP contribution is -2.31. The fourth-order valence-corrected chi connectivity index (χ4v) is 3.04. The summed E-state index contributed by atoms with van der Waals surface area (Å²) in [5.41, 5.74) is 4.88. The normalized spacial score (nSPS) is 14.7. The van der Waals surface area contributed by atoms with Gasteiger partial charge < -0.3 is 0 Å². The van der Waals surface area contributed by atoms with Gasteiger partial charge in [-0.3, -0.25) is 4.90 Å². The highest BCUT2D eigenvalue weighted by Gasteiger charge is 2.17. The van der Waals surface area contributed by atoms with E-state index < -0.39 is 0 Å². The van der Waals surface area contributed by atoms with Gasteiger partial charge in [-0.15, -0.1) is 0 Å². The highest BCUT2D eigenvalue weighted by atomic mass is 15.3. The van der Waals surface area contributed by atoms with Crippen LogP contribution in [0.3, 0.4) is 0 Å². The molecule has 0 amide bonds. The summed E-state index contributed by atoms with van der Waals surface area (Å²) in [6.07, 6.45) is 6.73. The van der Waals surface area contributed by atoms with E-state index in [1.54, 1.807) is 6.20 Å². The predicted octanol–water partition coefficient (Wildman–Crippen LogP) is 2.53. The molecule has 3 aromatic rings. The molecule has 1 aromatic carbocycles. The molecule has 0 saturated heterocycles. The molecule has 0 bridgehead atoms. The van der Waals surface area contributed by atoms with Gasteiger partial charge in [0.2, 0.25) is 0 Å². The first kappa shape index (κ1) is 14.1. The Morgan fingerprint density at radius 3 is 2.83 bits per heavy atom. The van der Waals surface area contributed by atoms with Crippen molar-refractivity contribution >= 4 is 0 Å². The molecule has 0 saturated carbocycles. The van der Waals surface area contributed by atoms with E-state index >= 15 is 0 Å². The molecule has 0 aliphatic carbocycles. The van der Waals surface area contributed by atoms with Crippen LogP contribution < -0.4 is 0 Å². The Hall–Kier alpha value is -2.53. The SMILES string of the molecule is Cc1ncc2c(n1)CCN(Cc1ccc(-n3cccn3)cc1)C2. The van der Waals surface area contributed by atoms with Crippen molar-refractivity contribution in [2.45, 2.75) is 26.4 Å². The number of hydrogen-bond acceptors (Lipinski definition) is 4. The van der Waals surface area contributed by atoms with E-state index in [-0.39, 0.29) is 0 Å². The summed E-state index contributed by atoms with van der Waals surface area (Å²) in [5.74, 6) is 0.867. The molecule has 0 unspecified atom stereocenters. The van der Waals surface area contributed by atoms with E-state index in [1.165, 1.54) is 16.8 Å². The van der Waals surface area contributed by atoms with Crippen molar-refractivity contribution in [2.24, 2.45) is 0 Å². The van der Waals surface area contributed by atoms with Gasteiger partial charge in [0.25, 0.3) is 0 Å². The topological polar surface area (TPSA) is 46.8 Å². The van der Waals surface area contributed by atoms with E-state index in [2.05, 4.69) is 44.2 Å². The summed E-state index contributed by atoms with van der Waals surface area (Å²) in [6.45, 7) is 4.88. The highest BCUT2D eigenvalue weighted by molar-refractivity contribution is 5.34. The van der Waals surface area contributed by atoms with Crippen molar-refractivity contribution in [1.29, 1.82) is 0 Å². The largest absolute Gasteiger partial charge is 0.294 e. The fraction of sp³-hybridized carbons (Fsp3) is 0.278. The first-order chi connectivity index (χ1) is 11.3. The van der Waals surface area contributed by atoms with Crippen LogP contribution in [0.4, 0.5) is 0 Å². The van der Waals surface area contributed by atoms with Crippen LogP contribution in [0.1, 0.15) is 22.6 Å². The molecule has 5 nitrogen and oxygen atoms in total. The van der Waals surface area contributed by atoms with Crippen molar-refractivity contribution in [3.63, 3.8) is 0 Å². The monoisotopic (exact) mass is 305 g/mol. The number of rotatable bonds is 3. The summed E-state index contributed by atoms with van der Waals surface area (Å²) in [7, 11) is 0. The maximum absolute atomic E-state index is 4.55. The smallest absolute Gasteiger partial charge is 0.125 e. The highest BCUT2D eigenvalue weighted by Crippen LogP contribution is 2.19. The molecule has 0 radical (unpaired) electrons. The minimum atomic E-state index is 0.867. The molecule has 1 aliphatic heterocycles. The third kappa shape index (κ3) is 3.00. The molecular weight excluding hydrogens is 286 g/mol. The standard InChI is InChI=1S/C18H19N5/c1-14-19-11-16-13-22(10-7-18(16)21-14)12-15-3-5-17(6-4-15)23-9-2-8-20-23/h2-6,8-9,11H,7,10,12-13H2,1H3. The summed E-state index contributed by atoms with van der Waals surface area (Å²) in [6, 6.07) is 10.5. The van der Waals surface area contributed by atoms with Gasteiger partial charge in [0.1, 0.15) is 5.82 Å². The average Bonchev–Trinajstić information content (AvgIpc) is 3.10. The molecular formula is C18H19N5. The Morgan fingerprint density at radius 1 is 1.17 bits per heavy atom. The second-order valence-electron chi connectivity index (χ2n) is 5.97. The van der Waals surface area contributed by atoms with Gasteiger partial charge in [0.15, 0.2) is 0 Å². The van der Waals surface area contributed by atoms with E-state index in [9.17, 15) is 0 Å². The van der Waals surface area contributed by atoms with Gasteiger partial charge in [0.05, 0.1) is 5.69 Å². The van der Waals surface area contributed by atoms with E-state index in [0.717, 1.165) is 37.6 Å². The van der Waals surface area contributed by atoms with Crippen LogP contribution in [0.5, 0.6) is 0 Å². The Morgan fingerprint density at radius 2 is 2.04 bits per heavy atom. The van der Waals surface area contributed by atoms with Crippen LogP contribution in [0.25, 0.3) is 5.69 Å². The van der Waals surface area contributed by atoms with Crippen molar-refractivity contribution in [3.05, 3.63) is 71.6 Å². The first-order valence-corrected chi connectivity index (χ1v) is 7.91. The Labute approximate surface area is 135 Å². The molecule has 0 fully saturated rings. The summed E-state index contributed by atoms with van der Waals surface area (Å²) < 4.78 is 1.88. The zero-order valence-corrected chi connectivity index (χ0v) is 13.2. The van der Waals surface area contributed by atoms with Crippen molar-refractivity contribution in [3.8, 4) is 5.69 Å². The first-order valence-electron chi connectivity index (χ1n) is 7.91. The maximum atomic E-state index is 4.55. The van der Waals surface area contributed by atoms with Gasteiger partial charge in [-0.1, -0.05) is 12.1 Å². The minimum absolute atomic E-state index is 0.867. The quantitative estimate of drug-likeness (QED) is 0.746. The Balaban J connectivity index is 1.45. The minimum Gasteiger partial charge on any atom is -0.294 e. The molecule has 2 aromatic heterocycles. The lowest BCUT2D eigenvalue weighted by molar-refractivity contribution is 0.242. The van der Waals surface area contributed by atoms with E-state index in [4.69, 9.17) is 0 Å². The third-order valence-corrected chi connectivity index (χ3v) is 4.24. The second-order valence-corrected chi connectivity index (χ2v) is 5.97. The van der Waals surface area contributed by atoms with Crippen molar-refractivity contribution in [1.82, 2.24) is 24.6 Å². The number of aromatic nitrogens is 4. The third-order valence-electron chi connectivity index (χ3n) is 4.24. The lowest BCUT2D eigenvalue weighted by atomic mass is 10.1. The zero-order valence-electron chi connectivity index (χ0n) is 13.2. The Kier molecular flexibility index (Phi) is 3.63. The number of nitrogens with zero attached hydrogens (tertiary/aromatic N) is 5. The molecule has 0 N–H and O–H groups in total.